The molecule has 0 spiro atoms. The maximum absolute atomic E-state index is 10.7. The highest BCUT2D eigenvalue weighted by Gasteiger charge is 2.01. The number of nitrogens with one attached hydrogen (secondary N) is 1. The molecule has 0 bridgehead atoms. The highest BCUT2D eigenvalue weighted by atomic mass is 16.4. The summed E-state index contributed by atoms with van der Waals surface area (Å²) >= 11 is 0. The summed E-state index contributed by atoms with van der Waals surface area (Å²) in [6.45, 7) is 1.85. The molecular weight excluding hydrogens is 242 g/mol. The predicted octanol–water partition coefficient (Wildman–Crippen LogP) is 2.62. The van der Waals surface area contributed by atoms with Gasteiger partial charge >= 0.3 is 5.97 Å². The first-order valence-corrected chi connectivity index (χ1v) is 5.72. The molecule has 2 aromatic rings. The van der Waals surface area contributed by atoms with Gasteiger partial charge in [-0.2, -0.15) is 5.10 Å². The van der Waals surface area contributed by atoms with Crippen molar-refractivity contribution in [3.63, 3.8) is 0 Å². The molecule has 96 valence electrons. The summed E-state index contributed by atoms with van der Waals surface area (Å²) in [6.07, 6.45) is 1.70. The Kier molecular flexibility index (Phi) is 3.87. The van der Waals surface area contributed by atoms with Crippen molar-refractivity contribution < 1.29 is 9.90 Å². The number of benzene rings is 1. The quantitative estimate of drug-likeness (QED) is 0.650. The average molecular weight is 255 g/mol. The Morgan fingerprint density at radius 2 is 1.95 bits per heavy atom. The lowest BCUT2D eigenvalue weighted by Gasteiger charge is -2.03. The van der Waals surface area contributed by atoms with E-state index in [9.17, 15) is 4.79 Å². The summed E-state index contributed by atoms with van der Waals surface area (Å²) in [5, 5.41) is 13.0. The van der Waals surface area contributed by atoms with Crippen molar-refractivity contribution in [2.24, 2.45) is 5.10 Å². The van der Waals surface area contributed by atoms with Crippen LogP contribution in [-0.2, 0) is 0 Å². The molecule has 19 heavy (non-hydrogen) atoms. The Balaban J connectivity index is 2.08. The second kappa shape index (κ2) is 5.77. The summed E-state index contributed by atoms with van der Waals surface area (Å²) in [6, 6.07) is 12.0. The van der Waals surface area contributed by atoms with Gasteiger partial charge in [-0.1, -0.05) is 6.07 Å². The molecule has 0 unspecified atom stereocenters. The van der Waals surface area contributed by atoms with E-state index in [0.29, 0.717) is 0 Å². The Morgan fingerprint density at radius 1 is 1.21 bits per heavy atom. The van der Waals surface area contributed by atoms with Gasteiger partial charge in [0.15, 0.2) is 0 Å². The number of hydrogen-bond acceptors (Lipinski definition) is 4. The maximum Gasteiger partial charge on any atom is 0.335 e. The number of aromatic carboxylic acids is 1. The zero-order chi connectivity index (χ0) is 13.7. The van der Waals surface area contributed by atoms with E-state index >= 15 is 0 Å². The summed E-state index contributed by atoms with van der Waals surface area (Å²) in [4.78, 5) is 14.9. The van der Waals surface area contributed by atoms with E-state index in [1.165, 1.54) is 12.1 Å². The highest BCUT2D eigenvalue weighted by molar-refractivity contribution is 5.97. The summed E-state index contributed by atoms with van der Waals surface area (Å²) in [5.41, 5.74) is 5.37. The van der Waals surface area contributed by atoms with Gasteiger partial charge in [-0.05, 0) is 43.3 Å². The lowest BCUT2D eigenvalue weighted by molar-refractivity contribution is 0.0697. The SMILES string of the molecule is C/C(=N\Nc1ccc(C(=O)O)cc1)c1ccccn1. The zero-order valence-electron chi connectivity index (χ0n) is 10.4. The standard InChI is InChI=1S/C14H13N3O2/c1-10(13-4-2-3-9-15-13)16-17-12-7-5-11(6-8-12)14(18)19/h2-9,17H,1H3,(H,18,19)/b16-10+. The lowest BCUT2D eigenvalue weighted by atomic mass is 10.2. The van der Waals surface area contributed by atoms with Crippen LogP contribution in [0.2, 0.25) is 0 Å². The van der Waals surface area contributed by atoms with E-state index in [4.69, 9.17) is 5.11 Å². The first kappa shape index (κ1) is 12.8. The minimum Gasteiger partial charge on any atom is -0.478 e. The topological polar surface area (TPSA) is 74.6 Å². The number of hydrazone groups is 1. The van der Waals surface area contributed by atoms with Crippen LogP contribution in [0.4, 0.5) is 5.69 Å². The van der Waals surface area contributed by atoms with E-state index in [2.05, 4.69) is 15.5 Å². The molecule has 0 aliphatic rings. The van der Waals surface area contributed by atoms with Crippen LogP contribution in [0.3, 0.4) is 0 Å². The highest BCUT2D eigenvalue weighted by Crippen LogP contribution is 2.10. The van der Waals surface area contributed by atoms with Crippen LogP contribution in [0, 0.1) is 0 Å². The molecule has 0 aliphatic heterocycles. The monoisotopic (exact) mass is 255 g/mol. The third-order valence-electron chi connectivity index (χ3n) is 2.52. The zero-order valence-corrected chi connectivity index (χ0v) is 10.4. The maximum atomic E-state index is 10.7. The molecule has 5 heteroatoms. The molecule has 1 aromatic carbocycles. The third kappa shape index (κ3) is 3.38. The van der Waals surface area contributed by atoms with Gasteiger partial charge in [-0.15, -0.1) is 0 Å². The van der Waals surface area contributed by atoms with Gasteiger partial charge in [0.1, 0.15) is 0 Å². The molecule has 1 aromatic heterocycles. The number of carboxylic acid groups (broad SMARTS) is 1. The van der Waals surface area contributed by atoms with Crippen LogP contribution in [0.25, 0.3) is 0 Å². The number of aromatic nitrogens is 1. The first-order chi connectivity index (χ1) is 9.16. The van der Waals surface area contributed by atoms with Crippen LogP contribution in [0.1, 0.15) is 23.0 Å². The Morgan fingerprint density at radius 3 is 2.53 bits per heavy atom. The molecule has 5 nitrogen and oxygen atoms in total. The van der Waals surface area contributed by atoms with E-state index in [-0.39, 0.29) is 5.56 Å². The fraction of sp³-hybridized carbons (Fsp3) is 0.0714. The molecule has 2 N–H and O–H groups in total. The van der Waals surface area contributed by atoms with E-state index in [1.807, 2.05) is 25.1 Å². The first-order valence-electron chi connectivity index (χ1n) is 5.72. The molecule has 0 saturated heterocycles. The van der Waals surface area contributed by atoms with Crippen LogP contribution < -0.4 is 5.43 Å². The molecule has 2 rings (SSSR count). The smallest absolute Gasteiger partial charge is 0.335 e. The lowest BCUT2D eigenvalue weighted by Crippen LogP contribution is -2.02. The largest absolute Gasteiger partial charge is 0.478 e. The van der Waals surface area contributed by atoms with Gasteiger partial charge in [0.05, 0.1) is 22.7 Å². The van der Waals surface area contributed by atoms with Gasteiger partial charge in [0, 0.05) is 6.20 Å². The number of nitrogens with zero attached hydrogens (tertiary/aromatic N) is 2. The molecule has 0 atom stereocenters. The normalized spacial score (nSPS) is 11.1. The van der Waals surface area contributed by atoms with Crippen molar-refractivity contribution in [1.29, 1.82) is 0 Å². The molecule has 0 amide bonds. The molecule has 0 fully saturated rings. The van der Waals surface area contributed by atoms with Gasteiger partial charge in [-0.25, -0.2) is 4.79 Å². The van der Waals surface area contributed by atoms with Crippen molar-refractivity contribution in [1.82, 2.24) is 4.98 Å². The van der Waals surface area contributed by atoms with Crippen molar-refractivity contribution in [2.75, 3.05) is 5.43 Å². The number of carbonyl (C=O) groups is 1. The van der Waals surface area contributed by atoms with Gasteiger partial charge in [-0.3, -0.25) is 10.4 Å². The second-order valence-corrected chi connectivity index (χ2v) is 3.91. The predicted molar refractivity (Wildman–Crippen MR) is 73.5 cm³/mol. The second-order valence-electron chi connectivity index (χ2n) is 3.91. The Bertz CT molecular complexity index is 592. The summed E-state index contributed by atoms with van der Waals surface area (Å²) < 4.78 is 0. The molecule has 0 aliphatic carbocycles. The van der Waals surface area contributed by atoms with Crippen LogP contribution >= 0.6 is 0 Å². The fourth-order valence-electron chi connectivity index (χ4n) is 1.47. The van der Waals surface area contributed by atoms with Crippen LogP contribution in [0.15, 0.2) is 53.8 Å². The molecule has 0 saturated carbocycles. The average Bonchev–Trinajstić information content (AvgIpc) is 2.46. The van der Waals surface area contributed by atoms with E-state index in [0.717, 1.165) is 17.1 Å². The van der Waals surface area contributed by atoms with Crippen molar-refractivity contribution in [2.45, 2.75) is 6.92 Å². The van der Waals surface area contributed by atoms with Gasteiger partial charge in [0.25, 0.3) is 0 Å². The Hall–Kier alpha value is -2.69. The summed E-state index contributed by atoms with van der Waals surface area (Å²) in [5.74, 6) is -0.945. The minimum absolute atomic E-state index is 0.246. The van der Waals surface area contributed by atoms with E-state index in [1.54, 1.807) is 18.3 Å². The van der Waals surface area contributed by atoms with Crippen molar-refractivity contribution in [3.05, 3.63) is 59.9 Å². The number of hydrogen-bond donors (Lipinski definition) is 2. The Labute approximate surface area is 110 Å². The fourth-order valence-corrected chi connectivity index (χ4v) is 1.47. The third-order valence-corrected chi connectivity index (χ3v) is 2.52. The number of carboxylic acids is 1. The van der Waals surface area contributed by atoms with Gasteiger partial charge < -0.3 is 5.11 Å². The van der Waals surface area contributed by atoms with Crippen LogP contribution in [0.5, 0.6) is 0 Å². The summed E-state index contributed by atoms with van der Waals surface area (Å²) in [7, 11) is 0. The molecule has 0 radical (unpaired) electrons. The number of anilines is 1. The number of pyridine rings is 1. The van der Waals surface area contributed by atoms with E-state index < -0.39 is 5.97 Å². The minimum atomic E-state index is -0.945. The van der Waals surface area contributed by atoms with Crippen LogP contribution in [-0.4, -0.2) is 21.8 Å². The van der Waals surface area contributed by atoms with Crippen molar-refractivity contribution >= 4 is 17.4 Å². The number of rotatable bonds is 4. The molecule has 1 heterocycles. The molecular formula is C14H13N3O2. The van der Waals surface area contributed by atoms with Gasteiger partial charge in [0.2, 0.25) is 0 Å². The van der Waals surface area contributed by atoms with Crippen molar-refractivity contribution in [3.8, 4) is 0 Å².